The minimum Gasteiger partial charge on any atom is -0.481 e. The fraction of sp³-hybridized carbons (Fsp3) is 0.333. The monoisotopic (exact) mass is 143 g/mol. The van der Waals surface area contributed by atoms with E-state index in [0.29, 0.717) is 0 Å². The molecule has 1 rings (SSSR count). The summed E-state index contributed by atoms with van der Waals surface area (Å²) in [5, 5.41) is 8.40. The van der Waals surface area contributed by atoms with Crippen LogP contribution < -0.4 is 0 Å². The van der Waals surface area contributed by atoms with E-state index in [1.54, 1.807) is 0 Å². The van der Waals surface area contributed by atoms with Crippen LogP contribution in [0.15, 0.2) is 12.3 Å². The van der Waals surface area contributed by atoms with Crippen molar-refractivity contribution in [2.45, 2.75) is 12.8 Å². The van der Waals surface area contributed by atoms with E-state index < -0.39 is 12.4 Å². The second kappa shape index (κ2) is 3.00. The highest BCUT2D eigenvalue weighted by molar-refractivity contribution is 5.66. The van der Waals surface area contributed by atoms with E-state index in [9.17, 15) is 4.79 Å². The molecule has 1 atom stereocenters. The van der Waals surface area contributed by atoms with Gasteiger partial charge in [-0.2, -0.15) is 0 Å². The van der Waals surface area contributed by atoms with Crippen LogP contribution in [0.3, 0.4) is 0 Å². The zero-order valence-electron chi connectivity index (χ0n) is 8.09. The van der Waals surface area contributed by atoms with Gasteiger partial charge in [0.05, 0.1) is 9.14 Å². The van der Waals surface area contributed by atoms with Crippen molar-refractivity contribution in [3.05, 3.63) is 18.2 Å². The van der Waals surface area contributed by atoms with Gasteiger partial charge < -0.3 is 10.1 Å². The number of nitrogens with one attached hydrogen (secondary N) is 1. The molecule has 2 N–H and O–H groups in total. The molecule has 4 heteroatoms. The van der Waals surface area contributed by atoms with Gasteiger partial charge in [-0.1, -0.05) is 0 Å². The van der Waals surface area contributed by atoms with Gasteiger partial charge in [-0.25, -0.2) is 4.98 Å². The lowest BCUT2D eigenvalue weighted by molar-refractivity contribution is -0.137. The Hall–Kier alpha value is -1.32. The van der Waals surface area contributed by atoms with E-state index in [4.69, 9.17) is 9.22 Å². The zero-order chi connectivity index (χ0) is 10.0. The Balaban J connectivity index is 2.69. The molecule has 1 aromatic heterocycles. The van der Waals surface area contributed by atoms with Crippen LogP contribution in [0, 0.1) is 0 Å². The molecule has 0 aliphatic carbocycles. The Morgan fingerprint density at radius 1 is 2.10 bits per heavy atom. The third kappa shape index (κ3) is 1.89. The standard InChI is InChI=1S/C6H8N2O2/c9-6(10)2-1-5-7-3-4-8-5/h3-4H,1-2H2,(H,7,8)(H,9,10)/i2D,3D,4D. The number of imidazole rings is 1. The second-order valence-corrected chi connectivity index (χ2v) is 1.67. The molecule has 0 saturated carbocycles. The van der Waals surface area contributed by atoms with Crippen molar-refractivity contribution >= 4 is 5.97 Å². The van der Waals surface area contributed by atoms with E-state index in [1.165, 1.54) is 0 Å². The largest absolute Gasteiger partial charge is 0.481 e. The van der Waals surface area contributed by atoms with Gasteiger partial charge >= 0.3 is 5.97 Å². The summed E-state index contributed by atoms with van der Waals surface area (Å²) in [6.07, 6.45) is -1.80. The molecule has 4 nitrogen and oxygen atoms in total. The zero-order valence-corrected chi connectivity index (χ0v) is 5.09. The molecule has 0 aliphatic heterocycles. The molecule has 0 aliphatic rings. The van der Waals surface area contributed by atoms with Gasteiger partial charge in [-0.05, 0) is 0 Å². The van der Waals surface area contributed by atoms with Crippen LogP contribution in [0.1, 0.15) is 16.3 Å². The number of carboxylic acids is 1. The topological polar surface area (TPSA) is 66.0 Å². The average molecular weight is 143 g/mol. The molecule has 0 radical (unpaired) electrons. The third-order valence-electron chi connectivity index (χ3n) is 0.924. The smallest absolute Gasteiger partial charge is 0.303 e. The lowest BCUT2D eigenvalue weighted by atomic mass is 10.3. The maximum absolute atomic E-state index is 10.3. The SMILES string of the molecule is [2H]c1nc(CC([2H])C(=O)O)[nH]c1[2H]. The van der Waals surface area contributed by atoms with Crippen LogP contribution in [0.2, 0.25) is 0 Å². The van der Waals surface area contributed by atoms with Gasteiger partial charge in [0.2, 0.25) is 0 Å². The summed E-state index contributed by atoms with van der Waals surface area (Å²) < 4.78 is 21.2. The number of carboxylic acid groups (broad SMARTS) is 1. The highest BCUT2D eigenvalue weighted by Crippen LogP contribution is 1.93. The normalized spacial score (nSPS) is 17.0. The van der Waals surface area contributed by atoms with E-state index in [0.717, 1.165) is 0 Å². The van der Waals surface area contributed by atoms with E-state index in [-0.39, 0.29) is 24.6 Å². The summed E-state index contributed by atoms with van der Waals surface area (Å²) in [6, 6.07) is 0. The van der Waals surface area contributed by atoms with Crippen LogP contribution in [0.5, 0.6) is 0 Å². The molecule has 1 aromatic rings. The Labute approximate surface area is 62.1 Å². The second-order valence-electron chi connectivity index (χ2n) is 1.67. The Morgan fingerprint density at radius 2 is 2.90 bits per heavy atom. The minimum absolute atomic E-state index is 0.111. The van der Waals surface area contributed by atoms with Crippen molar-refractivity contribution in [3.8, 4) is 0 Å². The lowest BCUT2D eigenvalue weighted by Crippen LogP contribution is -1.98. The fourth-order valence-electron chi connectivity index (χ4n) is 0.504. The van der Waals surface area contributed by atoms with Gasteiger partial charge in [-0.15, -0.1) is 0 Å². The number of aromatic amines is 1. The van der Waals surface area contributed by atoms with Crippen LogP contribution in [0.4, 0.5) is 0 Å². The number of nitrogens with zero attached hydrogens (tertiary/aromatic N) is 1. The Morgan fingerprint density at radius 3 is 3.40 bits per heavy atom. The molecule has 0 aromatic carbocycles. The van der Waals surface area contributed by atoms with E-state index in [2.05, 4.69) is 9.97 Å². The van der Waals surface area contributed by atoms with Gasteiger partial charge in [0.25, 0.3) is 0 Å². The van der Waals surface area contributed by atoms with Crippen molar-refractivity contribution in [2.24, 2.45) is 0 Å². The Bertz CT molecular complexity index is 306. The summed E-state index contributed by atoms with van der Waals surface area (Å²) in [7, 11) is 0. The summed E-state index contributed by atoms with van der Waals surface area (Å²) in [4.78, 5) is 16.3. The first-order valence-electron chi connectivity index (χ1n) is 4.25. The van der Waals surface area contributed by atoms with Gasteiger partial charge in [-0.3, -0.25) is 4.79 Å². The van der Waals surface area contributed by atoms with Crippen molar-refractivity contribution in [3.63, 3.8) is 0 Å². The molecular formula is C6H8N2O2. The molecule has 54 valence electrons. The quantitative estimate of drug-likeness (QED) is 0.644. The van der Waals surface area contributed by atoms with Gasteiger partial charge in [0, 0.05) is 20.1 Å². The number of rotatable bonds is 3. The van der Waals surface area contributed by atoms with Gasteiger partial charge in [0.1, 0.15) is 5.82 Å². The van der Waals surface area contributed by atoms with Crippen molar-refractivity contribution in [1.82, 2.24) is 9.97 Å². The first-order chi connectivity index (χ1) is 6.00. The average Bonchev–Trinajstić information content (AvgIpc) is 2.31. The molecule has 0 amide bonds. The molecule has 0 saturated heterocycles. The first-order valence-corrected chi connectivity index (χ1v) is 2.68. The Kier molecular flexibility index (Phi) is 1.13. The van der Waals surface area contributed by atoms with E-state index in [1.807, 2.05) is 0 Å². The fourth-order valence-corrected chi connectivity index (χ4v) is 0.504. The molecule has 1 unspecified atom stereocenters. The highest BCUT2D eigenvalue weighted by Gasteiger charge is 1.98. The molecule has 0 fully saturated rings. The maximum atomic E-state index is 10.3. The van der Waals surface area contributed by atoms with Crippen LogP contribution in [-0.2, 0) is 11.2 Å². The highest BCUT2D eigenvalue weighted by atomic mass is 16.4. The molecule has 10 heavy (non-hydrogen) atoms. The number of aromatic nitrogens is 2. The summed E-state index contributed by atoms with van der Waals surface area (Å²) in [6.45, 7) is 0. The van der Waals surface area contributed by atoms with E-state index >= 15 is 0 Å². The number of H-pyrrole nitrogens is 1. The third-order valence-corrected chi connectivity index (χ3v) is 0.924. The number of hydrogen-bond acceptors (Lipinski definition) is 2. The minimum atomic E-state index is -1.30. The van der Waals surface area contributed by atoms with Crippen LogP contribution in [-0.4, -0.2) is 21.0 Å². The van der Waals surface area contributed by atoms with Gasteiger partial charge in [0.15, 0.2) is 0 Å². The van der Waals surface area contributed by atoms with Crippen molar-refractivity contribution in [1.29, 1.82) is 0 Å². The molecule has 0 spiro atoms. The predicted molar refractivity (Wildman–Crippen MR) is 34.5 cm³/mol. The summed E-state index contributed by atoms with van der Waals surface area (Å²) in [5.74, 6) is -1.05. The number of hydrogen-bond donors (Lipinski definition) is 2. The number of carbonyl (C=O) groups is 1. The first kappa shape index (κ1) is 3.75. The van der Waals surface area contributed by atoms with Crippen molar-refractivity contribution < 1.29 is 14.0 Å². The summed E-state index contributed by atoms with van der Waals surface area (Å²) >= 11 is 0. The summed E-state index contributed by atoms with van der Waals surface area (Å²) in [5.41, 5.74) is 0. The number of aliphatic carboxylic acids is 1. The number of aryl methyl sites for hydroxylation is 1. The molecular weight excluding hydrogens is 132 g/mol. The molecule has 0 bridgehead atoms. The van der Waals surface area contributed by atoms with Crippen molar-refractivity contribution in [2.75, 3.05) is 0 Å². The van der Waals surface area contributed by atoms with Crippen LogP contribution >= 0.6 is 0 Å². The maximum Gasteiger partial charge on any atom is 0.303 e. The predicted octanol–water partition coefficient (Wildman–Crippen LogP) is 0.427. The lowest BCUT2D eigenvalue weighted by Gasteiger charge is -1.89. The molecule has 1 heterocycles. The van der Waals surface area contributed by atoms with Crippen LogP contribution in [0.25, 0.3) is 0 Å².